The molecule has 0 aromatic heterocycles. The second-order valence-corrected chi connectivity index (χ2v) is 4.64. The molecule has 0 spiro atoms. The van der Waals surface area contributed by atoms with Gasteiger partial charge in [-0.05, 0) is 17.9 Å². The lowest BCUT2D eigenvalue weighted by Gasteiger charge is -2.17. The summed E-state index contributed by atoms with van der Waals surface area (Å²) in [4.78, 5) is 13.3. The Balaban J connectivity index is 2.29. The quantitative estimate of drug-likeness (QED) is 0.783. The number of nitrogens with zero attached hydrogens (tertiary/aromatic N) is 1. The number of hydrogen-bond donors (Lipinski definition) is 0. The Bertz CT molecular complexity index is 335. The van der Waals surface area contributed by atoms with E-state index in [-0.39, 0.29) is 6.09 Å². The standard InChI is InChI=1S/C14H21NO2/c1-12(2)9-10-15(3)14(16)17-11-13-7-5-4-6-8-13/h4-8,12H,9-11H2,1-3H3. The predicted octanol–water partition coefficient (Wildman–Crippen LogP) is 3.30. The Morgan fingerprint density at radius 1 is 1.29 bits per heavy atom. The SMILES string of the molecule is CC(C)CCN(C)C(=O)OCc1ccccc1. The predicted molar refractivity (Wildman–Crippen MR) is 68.7 cm³/mol. The number of carbonyl (C=O) groups is 1. The summed E-state index contributed by atoms with van der Waals surface area (Å²) in [6.07, 6.45) is 0.742. The molecule has 3 heteroatoms. The van der Waals surface area contributed by atoms with Gasteiger partial charge >= 0.3 is 6.09 Å². The average Bonchev–Trinajstić information content (AvgIpc) is 2.34. The molecular formula is C14H21NO2. The van der Waals surface area contributed by atoms with Gasteiger partial charge in [-0.1, -0.05) is 44.2 Å². The van der Waals surface area contributed by atoms with E-state index in [1.54, 1.807) is 11.9 Å². The zero-order valence-electron chi connectivity index (χ0n) is 10.8. The highest BCUT2D eigenvalue weighted by Crippen LogP contribution is 2.05. The molecule has 17 heavy (non-hydrogen) atoms. The summed E-state index contributed by atoms with van der Waals surface area (Å²) in [5.74, 6) is 0.597. The summed E-state index contributed by atoms with van der Waals surface area (Å²) in [5, 5.41) is 0. The van der Waals surface area contributed by atoms with Crippen LogP contribution in [0.4, 0.5) is 4.79 Å². The minimum atomic E-state index is -0.255. The van der Waals surface area contributed by atoms with Crippen LogP contribution in [0, 0.1) is 5.92 Å². The van der Waals surface area contributed by atoms with E-state index >= 15 is 0 Å². The molecule has 0 atom stereocenters. The van der Waals surface area contributed by atoms with Gasteiger partial charge in [-0.2, -0.15) is 0 Å². The van der Waals surface area contributed by atoms with E-state index in [1.807, 2.05) is 30.3 Å². The highest BCUT2D eigenvalue weighted by molar-refractivity contribution is 5.67. The Labute approximate surface area is 103 Å². The number of ether oxygens (including phenoxy) is 1. The fourth-order valence-corrected chi connectivity index (χ4v) is 1.37. The molecule has 0 aliphatic heterocycles. The van der Waals surface area contributed by atoms with Crippen LogP contribution < -0.4 is 0 Å². The molecule has 0 radical (unpaired) electrons. The first-order valence-corrected chi connectivity index (χ1v) is 6.01. The Morgan fingerprint density at radius 2 is 1.94 bits per heavy atom. The van der Waals surface area contributed by atoms with Crippen molar-refractivity contribution in [2.24, 2.45) is 5.92 Å². The van der Waals surface area contributed by atoms with Crippen molar-refractivity contribution in [1.29, 1.82) is 0 Å². The highest BCUT2D eigenvalue weighted by Gasteiger charge is 2.10. The van der Waals surface area contributed by atoms with Crippen LogP contribution >= 0.6 is 0 Å². The first kappa shape index (κ1) is 13.6. The van der Waals surface area contributed by atoms with E-state index in [0.29, 0.717) is 12.5 Å². The van der Waals surface area contributed by atoms with Gasteiger partial charge in [-0.15, -0.1) is 0 Å². The van der Waals surface area contributed by atoms with Crippen LogP contribution in [-0.2, 0) is 11.3 Å². The maximum Gasteiger partial charge on any atom is 0.409 e. The van der Waals surface area contributed by atoms with Crippen LogP contribution in [0.5, 0.6) is 0 Å². The third kappa shape index (κ3) is 5.38. The molecule has 94 valence electrons. The van der Waals surface area contributed by atoms with Crippen LogP contribution in [0.1, 0.15) is 25.8 Å². The Hall–Kier alpha value is -1.51. The first-order valence-electron chi connectivity index (χ1n) is 6.01. The molecule has 1 amide bonds. The zero-order valence-corrected chi connectivity index (χ0v) is 10.8. The van der Waals surface area contributed by atoms with Gasteiger partial charge in [0, 0.05) is 13.6 Å². The normalized spacial score (nSPS) is 10.4. The van der Waals surface area contributed by atoms with Gasteiger partial charge in [-0.25, -0.2) is 4.79 Å². The smallest absolute Gasteiger partial charge is 0.409 e. The fraction of sp³-hybridized carbons (Fsp3) is 0.500. The van der Waals surface area contributed by atoms with Crippen LogP contribution in [0.3, 0.4) is 0 Å². The molecule has 0 bridgehead atoms. The number of carbonyl (C=O) groups excluding carboxylic acids is 1. The third-order valence-electron chi connectivity index (χ3n) is 2.56. The van der Waals surface area contributed by atoms with Crippen LogP contribution in [0.2, 0.25) is 0 Å². The molecule has 0 fully saturated rings. The van der Waals surface area contributed by atoms with E-state index in [4.69, 9.17) is 4.74 Å². The van der Waals surface area contributed by atoms with Crippen LogP contribution in [0.15, 0.2) is 30.3 Å². The number of amides is 1. The van der Waals surface area contributed by atoms with Gasteiger partial charge < -0.3 is 9.64 Å². The summed E-state index contributed by atoms with van der Waals surface area (Å²) >= 11 is 0. The van der Waals surface area contributed by atoms with Gasteiger partial charge in [0.15, 0.2) is 0 Å². The van der Waals surface area contributed by atoms with Crippen molar-refractivity contribution >= 4 is 6.09 Å². The lowest BCUT2D eigenvalue weighted by molar-refractivity contribution is 0.103. The summed E-state index contributed by atoms with van der Waals surface area (Å²) in [5.41, 5.74) is 1.01. The molecule has 0 aliphatic carbocycles. The van der Waals surface area contributed by atoms with Gasteiger partial charge in [0.05, 0.1) is 0 Å². The van der Waals surface area contributed by atoms with Crippen molar-refractivity contribution < 1.29 is 9.53 Å². The molecule has 1 aromatic carbocycles. The molecule has 0 heterocycles. The zero-order chi connectivity index (χ0) is 12.7. The Morgan fingerprint density at radius 3 is 2.53 bits per heavy atom. The monoisotopic (exact) mass is 235 g/mol. The van der Waals surface area contributed by atoms with E-state index in [1.165, 1.54) is 0 Å². The summed E-state index contributed by atoms with van der Waals surface area (Å²) in [6, 6.07) is 9.71. The molecule has 0 N–H and O–H groups in total. The minimum Gasteiger partial charge on any atom is -0.445 e. The van der Waals surface area contributed by atoms with E-state index in [9.17, 15) is 4.79 Å². The van der Waals surface area contributed by atoms with Crippen molar-refractivity contribution in [3.63, 3.8) is 0 Å². The largest absolute Gasteiger partial charge is 0.445 e. The highest BCUT2D eigenvalue weighted by atomic mass is 16.6. The van der Waals surface area contributed by atoms with E-state index < -0.39 is 0 Å². The molecule has 0 saturated heterocycles. The number of hydrogen-bond acceptors (Lipinski definition) is 2. The van der Waals surface area contributed by atoms with Crippen LogP contribution in [-0.4, -0.2) is 24.6 Å². The first-order chi connectivity index (χ1) is 8.09. The van der Waals surface area contributed by atoms with E-state index in [2.05, 4.69) is 13.8 Å². The topological polar surface area (TPSA) is 29.5 Å². The van der Waals surface area contributed by atoms with Gasteiger partial charge in [-0.3, -0.25) is 0 Å². The summed E-state index contributed by atoms with van der Waals surface area (Å²) < 4.78 is 5.21. The lowest BCUT2D eigenvalue weighted by atomic mass is 10.1. The van der Waals surface area contributed by atoms with Gasteiger partial charge in [0.25, 0.3) is 0 Å². The van der Waals surface area contributed by atoms with Crippen LogP contribution in [0.25, 0.3) is 0 Å². The number of benzene rings is 1. The molecule has 3 nitrogen and oxygen atoms in total. The second kappa shape index (κ2) is 6.94. The minimum absolute atomic E-state index is 0.255. The fourth-order valence-electron chi connectivity index (χ4n) is 1.37. The van der Waals surface area contributed by atoms with Crippen molar-refractivity contribution in [3.05, 3.63) is 35.9 Å². The lowest BCUT2D eigenvalue weighted by Crippen LogP contribution is -2.29. The van der Waals surface area contributed by atoms with Crippen molar-refractivity contribution in [1.82, 2.24) is 4.90 Å². The molecular weight excluding hydrogens is 214 g/mol. The van der Waals surface area contributed by atoms with Gasteiger partial charge in [0.1, 0.15) is 6.61 Å². The number of rotatable bonds is 5. The van der Waals surface area contributed by atoms with Crippen molar-refractivity contribution in [2.45, 2.75) is 26.9 Å². The molecule has 0 saturated carbocycles. The third-order valence-corrected chi connectivity index (χ3v) is 2.56. The van der Waals surface area contributed by atoms with Crippen molar-refractivity contribution in [3.8, 4) is 0 Å². The molecule has 0 aliphatic rings. The maximum atomic E-state index is 11.6. The summed E-state index contributed by atoms with van der Waals surface area (Å²) in [7, 11) is 1.77. The Kier molecular flexibility index (Phi) is 5.53. The van der Waals surface area contributed by atoms with Crippen molar-refractivity contribution in [2.75, 3.05) is 13.6 Å². The average molecular weight is 235 g/mol. The van der Waals surface area contributed by atoms with E-state index in [0.717, 1.165) is 18.5 Å². The second-order valence-electron chi connectivity index (χ2n) is 4.64. The maximum absolute atomic E-state index is 11.6. The molecule has 1 aromatic rings. The summed E-state index contributed by atoms with van der Waals surface area (Å²) in [6.45, 7) is 5.36. The van der Waals surface area contributed by atoms with Gasteiger partial charge in [0.2, 0.25) is 0 Å². The molecule has 0 unspecified atom stereocenters. The molecule has 1 rings (SSSR count).